The van der Waals surface area contributed by atoms with E-state index in [-0.39, 0.29) is 23.1 Å². The fourth-order valence-electron chi connectivity index (χ4n) is 3.04. The second-order valence-electron chi connectivity index (χ2n) is 6.23. The molecule has 0 bridgehead atoms. The van der Waals surface area contributed by atoms with Crippen molar-refractivity contribution in [2.75, 3.05) is 13.1 Å². The van der Waals surface area contributed by atoms with Crippen molar-refractivity contribution < 1.29 is 9.21 Å². The third-order valence-electron chi connectivity index (χ3n) is 4.45. The highest BCUT2D eigenvalue weighted by Crippen LogP contribution is 2.29. The van der Waals surface area contributed by atoms with Crippen LogP contribution < -0.4 is 5.56 Å². The third-order valence-corrected chi connectivity index (χ3v) is 5.13. The van der Waals surface area contributed by atoms with E-state index < -0.39 is 0 Å². The smallest absolute Gasteiger partial charge is 0.274 e. The van der Waals surface area contributed by atoms with Crippen LogP contribution in [-0.2, 0) is 7.05 Å². The summed E-state index contributed by atoms with van der Waals surface area (Å²) in [6.45, 7) is 1.14. The molecule has 0 aliphatic carbocycles. The van der Waals surface area contributed by atoms with Crippen molar-refractivity contribution >= 4 is 17.2 Å². The minimum atomic E-state index is -0.245. The molecule has 0 aromatic carbocycles. The predicted molar refractivity (Wildman–Crippen MR) is 95.0 cm³/mol. The summed E-state index contributed by atoms with van der Waals surface area (Å²) in [5.74, 6) is 0.865. The van der Waals surface area contributed by atoms with Gasteiger partial charge < -0.3 is 9.32 Å². The molecular weight excluding hydrogens is 354 g/mol. The molecule has 1 unspecified atom stereocenters. The summed E-state index contributed by atoms with van der Waals surface area (Å²) in [4.78, 5) is 25.9. The van der Waals surface area contributed by atoms with Gasteiger partial charge in [-0.1, -0.05) is 0 Å². The van der Waals surface area contributed by atoms with Gasteiger partial charge in [-0.2, -0.15) is 16.4 Å². The number of aromatic nitrogens is 4. The van der Waals surface area contributed by atoms with Crippen LogP contribution in [0.5, 0.6) is 0 Å². The van der Waals surface area contributed by atoms with E-state index in [0.29, 0.717) is 24.9 Å². The highest BCUT2D eigenvalue weighted by molar-refractivity contribution is 7.08. The Morgan fingerprint density at radius 3 is 2.96 bits per heavy atom. The number of aryl methyl sites for hydroxylation is 1. The quantitative estimate of drug-likeness (QED) is 0.698. The number of carbonyl (C=O) groups excluding carboxylic acids is 1. The van der Waals surface area contributed by atoms with Crippen molar-refractivity contribution in [3.05, 3.63) is 50.9 Å². The molecule has 1 aliphatic heterocycles. The van der Waals surface area contributed by atoms with Gasteiger partial charge in [0.1, 0.15) is 5.69 Å². The number of rotatable bonds is 3. The highest BCUT2D eigenvalue weighted by Gasteiger charge is 2.29. The molecular formula is C17H17N5O3S. The summed E-state index contributed by atoms with van der Waals surface area (Å²) in [5, 5.41) is 16.3. The van der Waals surface area contributed by atoms with Crippen molar-refractivity contribution in [1.82, 2.24) is 24.9 Å². The zero-order valence-corrected chi connectivity index (χ0v) is 15.0. The summed E-state index contributed by atoms with van der Waals surface area (Å²) in [7, 11) is 1.53. The molecule has 3 aromatic heterocycles. The molecule has 4 rings (SSSR count). The molecule has 1 amide bonds. The Kier molecular flexibility index (Phi) is 4.37. The van der Waals surface area contributed by atoms with Crippen LogP contribution >= 0.6 is 11.3 Å². The van der Waals surface area contributed by atoms with Gasteiger partial charge in [0.15, 0.2) is 0 Å². The van der Waals surface area contributed by atoms with Crippen LogP contribution in [0.3, 0.4) is 0 Å². The predicted octanol–water partition coefficient (Wildman–Crippen LogP) is 1.91. The monoisotopic (exact) mass is 371 g/mol. The molecule has 1 fully saturated rings. The van der Waals surface area contributed by atoms with Crippen LogP contribution in [0.15, 0.2) is 38.2 Å². The lowest BCUT2D eigenvalue weighted by atomic mass is 9.98. The van der Waals surface area contributed by atoms with Gasteiger partial charge in [-0.15, -0.1) is 10.2 Å². The molecule has 1 saturated heterocycles. The van der Waals surface area contributed by atoms with Crippen molar-refractivity contribution in [3.63, 3.8) is 0 Å². The van der Waals surface area contributed by atoms with E-state index in [1.54, 1.807) is 16.2 Å². The molecule has 9 heteroatoms. The number of carbonyl (C=O) groups is 1. The number of thiophene rings is 1. The number of hydrogen-bond acceptors (Lipinski definition) is 7. The van der Waals surface area contributed by atoms with E-state index in [0.717, 1.165) is 18.4 Å². The second-order valence-corrected chi connectivity index (χ2v) is 7.01. The average Bonchev–Trinajstić information content (AvgIpc) is 3.35. The molecule has 0 saturated carbocycles. The van der Waals surface area contributed by atoms with E-state index in [2.05, 4.69) is 15.3 Å². The Morgan fingerprint density at radius 2 is 2.19 bits per heavy atom. The molecule has 134 valence electrons. The van der Waals surface area contributed by atoms with Crippen molar-refractivity contribution in [2.24, 2.45) is 7.05 Å². The lowest BCUT2D eigenvalue weighted by molar-refractivity contribution is 0.0690. The fraction of sp³-hybridized carbons (Fsp3) is 0.353. The van der Waals surface area contributed by atoms with Gasteiger partial charge >= 0.3 is 0 Å². The van der Waals surface area contributed by atoms with Gasteiger partial charge in [0.05, 0.1) is 5.92 Å². The van der Waals surface area contributed by atoms with E-state index in [1.807, 2.05) is 16.8 Å². The lowest BCUT2D eigenvalue weighted by Crippen LogP contribution is -2.40. The van der Waals surface area contributed by atoms with Gasteiger partial charge in [-0.05, 0) is 30.4 Å². The van der Waals surface area contributed by atoms with Crippen LogP contribution in [0.25, 0.3) is 11.5 Å². The van der Waals surface area contributed by atoms with Crippen LogP contribution in [-0.4, -0.2) is 43.9 Å². The summed E-state index contributed by atoms with van der Waals surface area (Å²) in [6.07, 6.45) is 1.73. The second kappa shape index (κ2) is 6.83. The van der Waals surface area contributed by atoms with Gasteiger partial charge in [-0.25, -0.2) is 4.68 Å². The molecule has 0 radical (unpaired) electrons. The molecule has 8 nitrogen and oxygen atoms in total. The van der Waals surface area contributed by atoms with Crippen molar-refractivity contribution in [1.29, 1.82) is 0 Å². The molecule has 0 N–H and O–H groups in total. The molecule has 4 heterocycles. The fourth-order valence-corrected chi connectivity index (χ4v) is 3.67. The average molecular weight is 371 g/mol. The molecule has 0 spiro atoms. The number of piperidine rings is 1. The minimum absolute atomic E-state index is 0.000109. The Bertz CT molecular complexity index is 978. The summed E-state index contributed by atoms with van der Waals surface area (Å²) in [5.41, 5.74) is 0.925. The molecule has 3 aromatic rings. The van der Waals surface area contributed by atoms with Crippen LogP contribution in [0.2, 0.25) is 0 Å². The highest BCUT2D eigenvalue weighted by atomic mass is 32.1. The topological polar surface area (TPSA) is 94.1 Å². The van der Waals surface area contributed by atoms with E-state index in [9.17, 15) is 9.59 Å². The standard InChI is InChI=1S/C17H17N5O3S/c1-21-14(23)5-4-13(20-21)17(24)22-7-2-3-11(9-22)15-18-19-16(25-15)12-6-8-26-10-12/h4-6,8,10-11H,2-3,7,9H2,1H3. The van der Waals surface area contributed by atoms with Gasteiger partial charge in [0.2, 0.25) is 11.8 Å². The Hall–Kier alpha value is -2.81. The zero-order valence-electron chi connectivity index (χ0n) is 14.2. The maximum absolute atomic E-state index is 12.7. The first-order valence-corrected chi connectivity index (χ1v) is 9.25. The number of likely N-dealkylation sites (tertiary alicyclic amines) is 1. The Labute approximate surface area is 153 Å². The first-order valence-electron chi connectivity index (χ1n) is 8.31. The van der Waals surface area contributed by atoms with Crippen LogP contribution in [0.1, 0.15) is 35.1 Å². The van der Waals surface area contributed by atoms with E-state index in [4.69, 9.17) is 4.42 Å². The Balaban J connectivity index is 1.51. The summed E-state index contributed by atoms with van der Waals surface area (Å²) >= 11 is 1.57. The van der Waals surface area contributed by atoms with E-state index in [1.165, 1.54) is 23.9 Å². The first kappa shape index (κ1) is 16.6. The number of nitrogens with zero attached hydrogens (tertiary/aromatic N) is 5. The SMILES string of the molecule is Cn1nc(C(=O)N2CCCC(c3nnc(-c4ccsc4)o3)C2)ccc1=O. The largest absolute Gasteiger partial charge is 0.420 e. The van der Waals surface area contributed by atoms with E-state index >= 15 is 0 Å². The van der Waals surface area contributed by atoms with Crippen molar-refractivity contribution in [3.8, 4) is 11.5 Å². The minimum Gasteiger partial charge on any atom is -0.420 e. The Morgan fingerprint density at radius 1 is 1.31 bits per heavy atom. The molecule has 1 aliphatic rings. The maximum Gasteiger partial charge on any atom is 0.274 e. The first-order chi connectivity index (χ1) is 12.6. The maximum atomic E-state index is 12.7. The zero-order chi connectivity index (χ0) is 18.1. The lowest BCUT2D eigenvalue weighted by Gasteiger charge is -2.30. The van der Waals surface area contributed by atoms with Gasteiger partial charge in [0, 0.05) is 37.1 Å². The number of hydrogen-bond donors (Lipinski definition) is 0. The molecule has 26 heavy (non-hydrogen) atoms. The normalized spacial score (nSPS) is 17.4. The van der Waals surface area contributed by atoms with Crippen LogP contribution in [0.4, 0.5) is 0 Å². The summed E-state index contributed by atoms with van der Waals surface area (Å²) in [6, 6.07) is 4.76. The van der Waals surface area contributed by atoms with Crippen molar-refractivity contribution in [2.45, 2.75) is 18.8 Å². The third kappa shape index (κ3) is 3.17. The number of amides is 1. The van der Waals surface area contributed by atoms with Gasteiger partial charge in [0.25, 0.3) is 11.5 Å². The van der Waals surface area contributed by atoms with Crippen LogP contribution in [0, 0.1) is 0 Å². The molecule has 1 atom stereocenters. The summed E-state index contributed by atoms with van der Waals surface area (Å²) < 4.78 is 6.99. The van der Waals surface area contributed by atoms with Gasteiger partial charge in [-0.3, -0.25) is 9.59 Å².